The molecule has 2 N–H and O–H groups in total. The Hall–Kier alpha value is -1.26. The van der Waals surface area contributed by atoms with Crippen LogP contribution >= 0.6 is 12.4 Å². The predicted molar refractivity (Wildman–Crippen MR) is 104 cm³/mol. The van der Waals surface area contributed by atoms with Crippen LogP contribution in [0.2, 0.25) is 0 Å². The number of carbonyl (C=O) groups is 1. The fourth-order valence-electron chi connectivity index (χ4n) is 4.23. The minimum Gasteiger partial charge on any atom is -0.497 e. The van der Waals surface area contributed by atoms with Gasteiger partial charge in [0.15, 0.2) is 0 Å². The molecule has 25 heavy (non-hydrogen) atoms. The molecule has 3 rings (SSSR count). The van der Waals surface area contributed by atoms with E-state index in [9.17, 15) is 4.79 Å². The number of benzene rings is 1. The molecule has 0 unspecified atom stereocenters. The van der Waals surface area contributed by atoms with Crippen LogP contribution in [-0.2, 0) is 10.2 Å². The minimum atomic E-state index is 0. The Kier molecular flexibility index (Phi) is 7.57. The van der Waals surface area contributed by atoms with Gasteiger partial charge in [-0.15, -0.1) is 12.4 Å². The first kappa shape index (κ1) is 20.1. The van der Waals surface area contributed by atoms with Crippen LogP contribution in [0.5, 0.6) is 5.75 Å². The van der Waals surface area contributed by atoms with Gasteiger partial charge in [0, 0.05) is 17.9 Å². The van der Waals surface area contributed by atoms with Crippen LogP contribution in [0.4, 0.5) is 0 Å². The number of piperidine rings is 1. The molecule has 0 spiro atoms. The third kappa shape index (κ3) is 4.89. The van der Waals surface area contributed by atoms with Crippen molar-refractivity contribution < 1.29 is 9.53 Å². The molecule has 1 aromatic carbocycles. The van der Waals surface area contributed by atoms with Gasteiger partial charge in [-0.3, -0.25) is 4.79 Å². The summed E-state index contributed by atoms with van der Waals surface area (Å²) in [6, 6.07) is 8.45. The Morgan fingerprint density at radius 3 is 2.40 bits per heavy atom. The summed E-state index contributed by atoms with van der Waals surface area (Å²) in [6.07, 6.45) is 8.03. The standard InChI is InChI=1S/C20H30N2O2.ClH/c1-24-18-7-5-17(6-8-18)20(11-3-2-4-12-20)15-22-19(23)16-9-13-21-14-10-16;/h5-8,16,21H,2-4,9-15H2,1H3,(H,22,23);1H. The summed E-state index contributed by atoms with van der Waals surface area (Å²) in [5.41, 5.74) is 1.43. The Labute approximate surface area is 157 Å². The fourth-order valence-corrected chi connectivity index (χ4v) is 4.23. The van der Waals surface area contributed by atoms with E-state index in [0.717, 1.165) is 51.1 Å². The summed E-state index contributed by atoms with van der Waals surface area (Å²) < 4.78 is 5.29. The third-order valence-corrected chi connectivity index (χ3v) is 5.82. The van der Waals surface area contributed by atoms with Gasteiger partial charge in [-0.25, -0.2) is 0 Å². The van der Waals surface area contributed by atoms with Gasteiger partial charge in [-0.05, 0) is 56.5 Å². The molecule has 4 nitrogen and oxygen atoms in total. The van der Waals surface area contributed by atoms with Gasteiger partial charge >= 0.3 is 0 Å². The van der Waals surface area contributed by atoms with E-state index in [-0.39, 0.29) is 29.6 Å². The first-order valence-electron chi connectivity index (χ1n) is 9.36. The molecule has 1 aliphatic carbocycles. The normalized spacial score (nSPS) is 20.4. The average Bonchev–Trinajstić information content (AvgIpc) is 2.67. The third-order valence-electron chi connectivity index (χ3n) is 5.82. The van der Waals surface area contributed by atoms with Crippen molar-refractivity contribution in [2.24, 2.45) is 5.92 Å². The van der Waals surface area contributed by atoms with Crippen molar-refractivity contribution >= 4 is 18.3 Å². The SMILES string of the molecule is COc1ccc(C2(CNC(=O)C3CCNCC3)CCCCC2)cc1.Cl. The lowest BCUT2D eigenvalue weighted by molar-refractivity contribution is -0.126. The molecular formula is C20H31ClN2O2. The van der Waals surface area contributed by atoms with Crippen molar-refractivity contribution in [2.75, 3.05) is 26.7 Å². The van der Waals surface area contributed by atoms with Crippen molar-refractivity contribution in [1.82, 2.24) is 10.6 Å². The summed E-state index contributed by atoms with van der Waals surface area (Å²) in [4.78, 5) is 12.6. The summed E-state index contributed by atoms with van der Waals surface area (Å²) in [6.45, 7) is 2.69. The van der Waals surface area contributed by atoms with Crippen LogP contribution in [0.1, 0.15) is 50.5 Å². The van der Waals surface area contributed by atoms with Crippen LogP contribution in [-0.4, -0.2) is 32.7 Å². The smallest absolute Gasteiger partial charge is 0.223 e. The van der Waals surface area contributed by atoms with Gasteiger partial charge in [0.25, 0.3) is 0 Å². The Bertz CT molecular complexity index is 535. The zero-order chi connectivity index (χ0) is 16.8. The molecule has 0 atom stereocenters. The molecular weight excluding hydrogens is 336 g/mol. The van der Waals surface area contributed by atoms with E-state index in [1.54, 1.807) is 7.11 Å². The van der Waals surface area contributed by atoms with E-state index in [1.807, 2.05) is 12.1 Å². The van der Waals surface area contributed by atoms with Gasteiger partial charge in [0.1, 0.15) is 5.75 Å². The van der Waals surface area contributed by atoms with Crippen LogP contribution in [0.3, 0.4) is 0 Å². The van der Waals surface area contributed by atoms with E-state index >= 15 is 0 Å². The average molecular weight is 367 g/mol. The maximum atomic E-state index is 12.6. The Morgan fingerprint density at radius 1 is 1.16 bits per heavy atom. The van der Waals surface area contributed by atoms with E-state index in [0.29, 0.717) is 0 Å². The van der Waals surface area contributed by atoms with Crippen molar-refractivity contribution in [2.45, 2.75) is 50.4 Å². The molecule has 1 amide bonds. The minimum absolute atomic E-state index is 0. The predicted octanol–water partition coefficient (Wildman–Crippen LogP) is 3.43. The second-order valence-electron chi connectivity index (χ2n) is 7.31. The number of rotatable bonds is 5. The van der Waals surface area contributed by atoms with Gasteiger partial charge < -0.3 is 15.4 Å². The van der Waals surface area contributed by atoms with E-state index in [4.69, 9.17) is 4.74 Å². The number of ether oxygens (including phenoxy) is 1. The first-order valence-corrected chi connectivity index (χ1v) is 9.36. The molecule has 5 heteroatoms. The van der Waals surface area contributed by atoms with Crippen molar-refractivity contribution in [3.05, 3.63) is 29.8 Å². The topological polar surface area (TPSA) is 50.4 Å². The van der Waals surface area contributed by atoms with Crippen LogP contribution < -0.4 is 15.4 Å². The second-order valence-corrected chi connectivity index (χ2v) is 7.31. The molecule has 1 aromatic rings. The summed E-state index contributed by atoms with van der Waals surface area (Å²) >= 11 is 0. The lowest BCUT2D eigenvalue weighted by Gasteiger charge is -2.38. The highest BCUT2D eigenvalue weighted by atomic mass is 35.5. The number of nitrogens with one attached hydrogen (secondary N) is 2. The second kappa shape index (κ2) is 9.44. The number of amides is 1. The Morgan fingerprint density at radius 2 is 1.80 bits per heavy atom. The molecule has 2 aliphatic rings. The number of methoxy groups -OCH3 is 1. The van der Waals surface area contributed by atoms with E-state index in [1.165, 1.54) is 24.8 Å². The lowest BCUT2D eigenvalue weighted by Crippen LogP contribution is -2.45. The van der Waals surface area contributed by atoms with E-state index in [2.05, 4.69) is 22.8 Å². The van der Waals surface area contributed by atoms with Crippen molar-refractivity contribution in [1.29, 1.82) is 0 Å². The highest BCUT2D eigenvalue weighted by molar-refractivity contribution is 5.85. The van der Waals surface area contributed by atoms with Gasteiger partial charge in [0.2, 0.25) is 5.91 Å². The number of carbonyl (C=O) groups excluding carboxylic acids is 1. The maximum Gasteiger partial charge on any atom is 0.223 e. The van der Waals surface area contributed by atoms with E-state index < -0.39 is 0 Å². The largest absolute Gasteiger partial charge is 0.497 e. The molecule has 1 saturated heterocycles. The summed E-state index contributed by atoms with van der Waals surface area (Å²) in [7, 11) is 1.70. The monoisotopic (exact) mass is 366 g/mol. The Balaban J connectivity index is 0.00000225. The molecule has 1 aliphatic heterocycles. The highest BCUT2D eigenvalue weighted by Gasteiger charge is 2.35. The highest BCUT2D eigenvalue weighted by Crippen LogP contribution is 2.39. The molecule has 140 valence electrons. The lowest BCUT2D eigenvalue weighted by atomic mass is 9.69. The molecule has 0 bridgehead atoms. The van der Waals surface area contributed by atoms with Crippen LogP contribution in [0.25, 0.3) is 0 Å². The number of halogens is 1. The van der Waals surface area contributed by atoms with Crippen LogP contribution in [0.15, 0.2) is 24.3 Å². The maximum absolute atomic E-state index is 12.6. The zero-order valence-electron chi connectivity index (χ0n) is 15.2. The van der Waals surface area contributed by atoms with Gasteiger partial charge in [-0.1, -0.05) is 31.4 Å². The van der Waals surface area contributed by atoms with Crippen LogP contribution in [0, 0.1) is 5.92 Å². The van der Waals surface area contributed by atoms with Crippen molar-refractivity contribution in [3.8, 4) is 5.75 Å². The number of hydrogen-bond acceptors (Lipinski definition) is 3. The van der Waals surface area contributed by atoms with Gasteiger partial charge in [0.05, 0.1) is 7.11 Å². The van der Waals surface area contributed by atoms with Crippen molar-refractivity contribution in [3.63, 3.8) is 0 Å². The zero-order valence-corrected chi connectivity index (χ0v) is 16.0. The molecule has 2 fully saturated rings. The quantitative estimate of drug-likeness (QED) is 0.839. The summed E-state index contributed by atoms with van der Waals surface area (Å²) in [5, 5.41) is 6.62. The molecule has 0 radical (unpaired) electrons. The van der Waals surface area contributed by atoms with Gasteiger partial charge in [-0.2, -0.15) is 0 Å². The fraction of sp³-hybridized carbons (Fsp3) is 0.650. The molecule has 1 saturated carbocycles. The molecule has 1 heterocycles. The first-order chi connectivity index (χ1) is 11.7. The summed E-state index contributed by atoms with van der Waals surface area (Å²) in [5.74, 6) is 1.32. The molecule has 0 aromatic heterocycles. The number of hydrogen-bond donors (Lipinski definition) is 2.